The van der Waals surface area contributed by atoms with Crippen LogP contribution in [-0.2, 0) is 0 Å². The second kappa shape index (κ2) is 7.20. The Morgan fingerprint density at radius 2 is 1.71 bits per heavy atom. The number of nitrogens with zero attached hydrogens (tertiary/aromatic N) is 1. The van der Waals surface area contributed by atoms with Crippen LogP contribution in [0.5, 0.6) is 0 Å². The molecule has 1 aliphatic carbocycles. The first-order valence-electron chi connectivity index (χ1n) is 8.91. The highest BCUT2D eigenvalue weighted by molar-refractivity contribution is 5.70. The van der Waals surface area contributed by atoms with Crippen LogP contribution in [0.25, 0.3) is 0 Å². The summed E-state index contributed by atoms with van der Waals surface area (Å²) in [4.78, 5) is 2.56. The van der Waals surface area contributed by atoms with E-state index >= 15 is 0 Å². The molecule has 1 saturated heterocycles. The lowest BCUT2D eigenvalue weighted by Crippen LogP contribution is -2.30. The molecule has 0 radical (unpaired) electrons. The molecule has 21 heavy (non-hydrogen) atoms. The van der Waals surface area contributed by atoms with E-state index in [4.69, 9.17) is 0 Å². The summed E-state index contributed by atoms with van der Waals surface area (Å²) in [6.45, 7) is 5.99. The quantitative estimate of drug-likeness (QED) is 0.845. The highest BCUT2D eigenvalue weighted by Crippen LogP contribution is 2.31. The van der Waals surface area contributed by atoms with Crippen molar-refractivity contribution in [2.45, 2.75) is 51.9 Å². The zero-order chi connectivity index (χ0) is 14.5. The molecule has 1 heterocycles. The maximum Gasteiger partial charge on any atom is 0.0602 e. The molecular weight excluding hydrogens is 256 g/mol. The van der Waals surface area contributed by atoms with Crippen molar-refractivity contribution in [3.05, 3.63) is 24.3 Å². The molecule has 1 saturated carbocycles. The second-order valence-corrected chi connectivity index (χ2v) is 7.07. The predicted octanol–water partition coefficient (Wildman–Crippen LogP) is 4.92. The van der Waals surface area contributed by atoms with Crippen LogP contribution in [0, 0.1) is 11.8 Å². The van der Waals surface area contributed by atoms with Gasteiger partial charge in [-0.1, -0.05) is 31.9 Å². The first-order valence-corrected chi connectivity index (χ1v) is 8.91. The maximum absolute atomic E-state index is 3.75. The van der Waals surface area contributed by atoms with Crippen molar-refractivity contribution in [2.75, 3.05) is 29.9 Å². The first kappa shape index (κ1) is 14.7. The minimum Gasteiger partial charge on any atom is -0.383 e. The van der Waals surface area contributed by atoms with Crippen LogP contribution >= 0.6 is 0 Å². The third kappa shape index (κ3) is 3.93. The van der Waals surface area contributed by atoms with E-state index in [1.807, 2.05) is 0 Å². The van der Waals surface area contributed by atoms with Gasteiger partial charge in [-0.05, 0) is 56.1 Å². The van der Waals surface area contributed by atoms with E-state index in [0.29, 0.717) is 0 Å². The molecule has 0 bridgehead atoms. The topological polar surface area (TPSA) is 15.3 Å². The predicted molar refractivity (Wildman–Crippen MR) is 92.1 cm³/mol. The molecule has 2 nitrogen and oxygen atoms in total. The van der Waals surface area contributed by atoms with Gasteiger partial charge in [0.05, 0.1) is 11.4 Å². The van der Waals surface area contributed by atoms with Gasteiger partial charge in [0, 0.05) is 19.6 Å². The Morgan fingerprint density at radius 1 is 1.00 bits per heavy atom. The SMILES string of the molecule is CC1CCC(CNc2ccccc2N2CCCCC2)CC1. The van der Waals surface area contributed by atoms with Gasteiger partial charge in [0.25, 0.3) is 0 Å². The van der Waals surface area contributed by atoms with Gasteiger partial charge in [-0.15, -0.1) is 0 Å². The Hall–Kier alpha value is -1.18. The summed E-state index contributed by atoms with van der Waals surface area (Å²) in [5, 5.41) is 3.75. The Kier molecular flexibility index (Phi) is 5.05. The molecule has 1 aromatic rings. The average molecular weight is 286 g/mol. The number of hydrogen-bond acceptors (Lipinski definition) is 2. The average Bonchev–Trinajstić information content (AvgIpc) is 2.55. The van der Waals surface area contributed by atoms with Crippen molar-refractivity contribution in [3.63, 3.8) is 0 Å². The van der Waals surface area contributed by atoms with Crippen LogP contribution in [0.4, 0.5) is 11.4 Å². The molecule has 0 unspecified atom stereocenters. The summed E-state index contributed by atoms with van der Waals surface area (Å²) in [5.74, 6) is 1.82. The Balaban J connectivity index is 1.59. The molecule has 2 fully saturated rings. The van der Waals surface area contributed by atoms with E-state index in [2.05, 4.69) is 41.4 Å². The summed E-state index contributed by atoms with van der Waals surface area (Å²) < 4.78 is 0. The number of anilines is 2. The van der Waals surface area contributed by atoms with Crippen molar-refractivity contribution < 1.29 is 0 Å². The summed E-state index contributed by atoms with van der Waals surface area (Å²) in [5.41, 5.74) is 2.76. The lowest BCUT2D eigenvalue weighted by molar-refractivity contribution is 0.300. The zero-order valence-corrected chi connectivity index (χ0v) is 13.5. The molecular formula is C19H30N2. The van der Waals surface area contributed by atoms with Gasteiger partial charge in [0.2, 0.25) is 0 Å². The molecule has 1 aromatic carbocycles. The van der Waals surface area contributed by atoms with Gasteiger partial charge in [0.15, 0.2) is 0 Å². The number of piperidine rings is 1. The molecule has 0 spiro atoms. The number of nitrogens with one attached hydrogen (secondary N) is 1. The summed E-state index contributed by atoms with van der Waals surface area (Å²) >= 11 is 0. The van der Waals surface area contributed by atoms with Gasteiger partial charge >= 0.3 is 0 Å². The third-order valence-corrected chi connectivity index (χ3v) is 5.32. The first-order chi connectivity index (χ1) is 10.3. The molecule has 116 valence electrons. The summed E-state index contributed by atoms with van der Waals surface area (Å²) in [7, 11) is 0. The van der Waals surface area contributed by atoms with Crippen LogP contribution in [0.15, 0.2) is 24.3 Å². The Bertz CT molecular complexity index is 429. The molecule has 1 aliphatic heterocycles. The van der Waals surface area contributed by atoms with Crippen molar-refractivity contribution >= 4 is 11.4 Å². The summed E-state index contributed by atoms with van der Waals surface area (Å²) in [6, 6.07) is 8.89. The standard InChI is InChI=1S/C19H30N2/c1-16-9-11-17(12-10-16)15-20-18-7-3-4-8-19(18)21-13-5-2-6-14-21/h3-4,7-8,16-17,20H,2,5-6,9-15H2,1H3. The van der Waals surface area contributed by atoms with E-state index in [9.17, 15) is 0 Å². The fraction of sp³-hybridized carbons (Fsp3) is 0.684. The van der Waals surface area contributed by atoms with Gasteiger partial charge in [0.1, 0.15) is 0 Å². The van der Waals surface area contributed by atoms with Crippen LogP contribution in [0.2, 0.25) is 0 Å². The Morgan fingerprint density at radius 3 is 2.48 bits per heavy atom. The van der Waals surface area contributed by atoms with Crippen LogP contribution in [0.1, 0.15) is 51.9 Å². The van der Waals surface area contributed by atoms with E-state index in [0.717, 1.165) is 18.4 Å². The van der Waals surface area contributed by atoms with Crippen molar-refractivity contribution in [2.24, 2.45) is 11.8 Å². The number of para-hydroxylation sites is 2. The van der Waals surface area contributed by atoms with Crippen LogP contribution in [-0.4, -0.2) is 19.6 Å². The number of rotatable bonds is 4. The molecule has 2 heteroatoms. The van der Waals surface area contributed by atoms with E-state index < -0.39 is 0 Å². The zero-order valence-electron chi connectivity index (χ0n) is 13.5. The van der Waals surface area contributed by atoms with Gasteiger partial charge < -0.3 is 10.2 Å². The van der Waals surface area contributed by atoms with E-state index in [-0.39, 0.29) is 0 Å². The molecule has 0 atom stereocenters. The fourth-order valence-electron chi connectivity index (χ4n) is 3.82. The van der Waals surface area contributed by atoms with Crippen molar-refractivity contribution in [1.82, 2.24) is 0 Å². The van der Waals surface area contributed by atoms with Crippen molar-refractivity contribution in [1.29, 1.82) is 0 Å². The highest BCUT2D eigenvalue weighted by Gasteiger charge is 2.19. The molecule has 2 aliphatic rings. The minimum atomic E-state index is 0.871. The monoisotopic (exact) mass is 286 g/mol. The fourth-order valence-corrected chi connectivity index (χ4v) is 3.82. The Labute approximate surface area is 129 Å². The van der Waals surface area contributed by atoms with Crippen LogP contribution < -0.4 is 10.2 Å². The molecule has 3 rings (SSSR count). The third-order valence-electron chi connectivity index (χ3n) is 5.32. The number of benzene rings is 1. The largest absolute Gasteiger partial charge is 0.383 e. The molecule has 1 N–H and O–H groups in total. The van der Waals surface area contributed by atoms with Gasteiger partial charge in [-0.25, -0.2) is 0 Å². The highest BCUT2D eigenvalue weighted by atomic mass is 15.1. The van der Waals surface area contributed by atoms with Crippen molar-refractivity contribution in [3.8, 4) is 0 Å². The van der Waals surface area contributed by atoms with Crippen LogP contribution in [0.3, 0.4) is 0 Å². The van der Waals surface area contributed by atoms with E-state index in [1.54, 1.807) is 0 Å². The lowest BCUT2D eigenvalue weighted by atomic mass is 9.83. The minimum absolute atomic E-state index is 0.871. The lowest BCUT2D eigenvalue weighted by Gasteiger charge is -2.32. The van der Waals surface area contributed by atoms with Gasteiger partial charge in [-0.2, -0.15) is 0 Å². The second-order valence-electron chi connectivity index (χ2n) is 7.07. The van der Waals surface area contributed by atoms with E-state index in [1.165, 1.54) is 69.4 Å². The maximum atomic E-state index is 3.75. The molecule has 0 amide bonds. The number of hydrogen-bond donors (Lipinski definition) is 1. The smallest absolute Gasteiger partial charge is 0.0602 e. The molecule has 0 aromatic heterocycles. The normalized spacial score (nSPS) is 26.6. The van der Waals surface area contributed by atoms with Gasteiger partial charge in [-0.3, -0.25) is 0 Å². The summed E-state index contributed by atoms with van der Waals surface area (Å²) in [6.07, 6.45) is 9.72.